The summed E-state index contributed by atoms with van der Waals surface area (Å²) in [4.78, 5) is 12.9. The van der Waals surface area contributed by atoms with Crippen LogP contribution < -0.4 is 5.73 Å². The van der Waals surface area contributed by atoms with Crippen molar-refractivity contribution in [2.45, 2.75) is 13.5 Å². The molecule has 0 aliphatic carbocycles. The third-order valence-corrected chi connectivity index (χ3v) is 4.77. The number of aromatic nitrogens is 6. The van der Waals surface area contributed by atoms with Gasteiger partial charge in [-0.3, -0.25) is 4.98 Å². The van der Waals surface area contributed by atoms with Gasteiger partial charge in [0.1, 0.15) is 11.8 Å². The summed E-state index contributed by atoms with van der Waals surface area (Å²) in [5.74, 6) is 0.834. The molecule has 1 aromatic carbocycles. The number of hydrogen-bond donors (Lipinski definition) is 1. The largest absolute Gasteiger partial charge is 0.368 e. The summed E-state index contributed by atoms with van der Waals surface area (Å²) < 4.78 is 3.49. The lowest BCUT2D eigenvalue weighted by Gasteiger charge is -2.11. The molecule has 7 nitrogen and oxygen atoms in total. The average Bonchev–Trinajstić information content (AvgIpc) is 3.19. The molecule has 0 radical (unpaired) electrons. The minimum Gasteiger partial charge on any atom is -0.368 e. The molecular weight excluding hydrogens is 361 g/mol. The van der Waals surface area contributed by atoms with Gasteiger partial charge in [-0.05, 0) is 13.0 Å². The number of halogens is 2. The molecule has 3 heterocycles. The van der Waals surface area contributed by atoms with E-state index >= 15 is 0 Å². The third kappa shape index (κ3) is 2.43. The maximum absolute atomic E-state index is 6.42. The lowest BCUT2D eigenvalue weighted by Crippen LogP contribution is -2.10. The Morgan fingerprint density at radius 2 is 2.00 bits per heavy atom. The average molecular weight is 374 g/mol. The summed E-state index contributed by atoms with van der Waals surface area (Å²) in [7, 11) is 0. The maximum atomic E-state index is 6.42. The Morgan fingerprint density at radius 3 is 2.72 bits per heavy atom. The Bertz CT molecular complexity index is 1080. The van der Waals surface area contributed by atoms with Crippen LogP contribution in [-0.2, 0) is 6.54 Å². The summed E-state index contributed by atoms with van der Waals surface area (Å²) >= 11 is 12.6. The Morgan fingerprint density at radius 1 is 1.16 bits per heavy atom. The summed E-state index contributed by atoms with van der Waals surface area (Å²) in [6.45, 7) is 2.67. The molecule has 126 valence electrons. The Hall–Kier alpha value is -2.64. The fourth-order valence-electron chi connectivity index (χ4n) is 2.85. The number of imidazole rings is 1. The van der Waals surface area contributed by atoms with Gasteiger partial charge in [0.25, 0.3) is 0 Å². The molecule has 0 saturated heterocycles. The second kappa shape index (κ2) is 6.02. The molecule has 0 spiro atoms. The first-order valence-corrected chi connectivity index (χ1v) is 8.32. The second-order valence-corrected chi connectivity index (χ2v) is 6.13. The molecule has 9 heteroatoms. The number of pyridine rings is 1. The van der Waals surface area contributed by atoms with E-state index in [9.17, 15) is 0 Å². The van der Waals surface area contributed by atoms with Gasteiger partial charge in [-0.2, -0.15) is 14.8 Å². The van der Waals surface area contributed by atoms with Gasteiger partial charge in [-0.15, -0.1) is 0 Å². The van der Waals surface area contributed by atoms with E-state index in [2.05, 4.69) is 20.1 Å². The first-order chi connectivity index (χ1) is 12.1. The number of rotatable bonds is 3. The zero-order chi connectivity index (χ0) is 17.6. The standard InChI is InChI=1S/C16H13Cl2N7/c1-2-24-14-10(9-4-3-5-11(17)13(9)18)6-20-7-12(14)23-16(24)25-15(19)21-8-22-25/h3-8H,2H2,1H3,(H2,19,21,22). The summed E-state index contributed by atoms with van der Waals surface area (Å²) in [6, 6.07) is 5.51. The Labute approximate surface area is 153 Å². The number of hydrogen-bond acceptors (Lipinski definition) is 5. The molecule has 0 bridgehead atoms. The predicted molar refractivity (Wildman–Crippen MR) is 98.0 cm³/mol. The molecule has 25 heavy (non-hydrogen) atoms. The Kier molecular flexibility index (Phi) is 3.82. The van der Waals surface area contributed by atoms with E-state index in [0.717, 1.165) is 16.6 Å². The highest BCUT2D eigenvalue weighted by Gasteiger charge is 2.19. The zero-order valence-corrected chi connectivity index (χ0v) is 14.7. The van der Waals surface area contributed by atoms with E-state index in [4.69, 9.17) is 28.9 Å². The van der Waals surface area contributed by atoms with E-state index in [0.29, 0.717) is 28.1 Å². The number of fused-ring (bicyclic) bond motifs is 1. The highest BCUT2D eigenvalue weighted by molar-refractivity contribution is 6.43. The summed E-state index contributed by atoms with van der Waals surface area (Å²) in [6.07, 6.45) is 4.84. The molecule has 0 unspecified atom stereocenters. The highest BCUT2D eigenvalue weighted by atomic mass is 35.5. The van der Waals surface area contributed by atoms with E-state index in [-0.39, 0.29) is 5.95 Å². The van der Waals surface area contributed by atoms with Crippen LogP contribution in [0.3, 0.4) is 0 Å². The normalized spacial score (nSPS) is 11.3. The smallest absolute Gasteiger partial charge is 0.235 e. The Balaban J connectivity index is 2.06. The van der Waals surface area contributed by atoms with Crippen LogP contribution in [0, 0.1) is 0 Å². The van der Waals surface area contributed by atoms with Gasteiger partial charge in [-0.25, -0.2) is 4.98 Å². The lowest BCUT2D eigenvalue weighted by atomic mass is 10.1. The fourth-order valence-corrected chi connectivity index (χ4v) is 3.25. The minimum absolute atomic E-state index is 0.264. The van der Waals surface area contributed by atoms with Crippen LogP contribution in [0.25, 0.3) is 28.1 Å². The van der Waals surface area contributed by atoms with E-state index < -0.39 is 0 Å². The first kappa shape index (κ1) is 15.9. The number of nitrogens with zero attached hydrogens (tertiary/aromatic N) is 6. The number of aryl methyl sites for hydroxylation is 1. The number of anilines is 1. The van der Waals surface area contributed by atoms with Gasteiger partial charge < -0.3 is 10.3 Å². The fraction of sp³-hybridized carbons (Fsp3) is 0.125. The first-order valence-electron chi connectivity index (χ1n) is 7.56. The summed E-state index contributed by atoms with van der Waals surface area (Å²) in [5, 5.41) is 5.12. The van der Waals surface area contributed by atoms with Gasteiger partial charge in [0.05, 0.1) is 21.8 Å². The molecule has 4 aromatic rings. The van der Waals surface area contributed by atoms with Crippen LogP contribution in [0.2, 0.25) is 10.0 Å². The van der Waals surface area contributed by atoms with Crippen molar-refractivity contribution in [2.24, 2.45) is 0 Å². The summed E-state index contributed by atoms with van der Waals surface area (Å²) in [5.41, 5.74) is 9.11. The molecule has 0 fully saturated rings. The molecule has 0 amide bonds. The van der Waals surface area contributed by atoms with Crippen LogP contribution in [0.4, 0.5) is 5.95 Å². The van der Waals surface area contributed by atoms with Crippen molar-refractivity contribution in [1.82, 2.24) is 29.3 Å². The molecule has 0 aliphatic heterocycles. The molecular formula is C16H13Cl2N7. The SMILES string of the molecule is CCn1c(-n2ncnc2N)nc2cncc(-c3cccc(Cl)c3Cl)c21. The topological polar surface area (TPSA) is 87.4 Å². The third-order valence-electron chi connectivity index (χ3n) is 3.95. The van der Waals surface area contributed by atoms with E-state index in [1.807, 2.05) is 23.6 Å². The van der Waals surface area contributed by atoms with Crippen LogP contribution in [0.1, 0.15) is 6.92 Å². The quantitative estimate of drug-likeness (QED) is 0.592. The number of nitrogens with two attached hydrogens (primary N) is 1. The van der Waals surface area contributed by atoms with Gasteiger partial charge >= 0.3 is 0 Å². The minimum atomic E-state index is 0.264. The molecule has 0 saturated carbocycles. The van der Waals surface area contributed by atoms with Crippen molar-refractivity contribution in [3.63, 3.8) is 0 Å². The van der Waals surface area contributed by atoms with Crippen LogP contribution >= 0.6 is 23.2 Å². The van der Waals surface area contributed by atoms with Crippen LogP contribution in [0.15, 0.2) is 36.9 Å². The molecule has 0 aliphatic rings. The van der Waals surface area contributed by atoms with Crippen molar-refractivity contribution in [3.05, 3.63) is 47.0 Å². The van der Waals surface area contributed by atoms with Crippen LogP contribution in [0.5, 0.6) is 0 Å². The monoisotopic (exact) mass is 373 g/mol. The lowest BCUT2D eigenvalue weighted by molar-refractivity contribution is 0.706. The van der Waals surface area contributed by atoms with E-state index in [1.165, 1.54) is 11.0 Å². The van der Waals surface area contributed by atoms with Crippen molar-refractivity contribution in [1.29, 1.82) is 0 Å². The molecule has 4 rings (SSSR count). The van der Waals surface area contributed by atoms with E-state index in [1.54, 1.807) is 18.5 Å². The van der Waals surface area contributed by atoms with Gasteiger partial charge in [0.15, 0.2) is 0 Å². The predicted octanol–water partition coefficient (Wildman–Crippen LogP) is 3.59. The number of benzene rings is 1. The maximum Gasteiger partial charge on any atom is 0.235 e. The number of nitrogen functional groups attached to an aromatic ring is 1. The van der Waals surface area contributed by atoms with Gasteiger partial charge in [-0.1, -0.05) is 35.3 Å². The van der Waals surface area contributed by atoms with Crippen molar-refractivity contribution in [3.8, 4) is 17.1 Å². The van der Waals surface area contributed by atoms with Crippen molar-refractivity contribution < 1.29 is 0 Å². The highest BCUT2D eigenvalue weighted by Crippen LogP contribution is 2.37. The van der Waals surface area contributed by atoms with Gasteiger partial charge in [0.2, 0.25) is 11.9 Å². The van der Waals surface area contributed by atoms with Crippen LogP contribution in [-0.4, -0.2) is 29.3 Å². The van der Waals surface area contributed by atoms with Gasteiger partial charge in [0, 0.05) is 23.9 Å². The molecule has 3 aromatic heterocycles. The zero-order valence-electron chi connectivity index (χ0n) is 13.2. The second-order valence-electron chi connectivity index (χ2n) is 5.34. The van der Waals surface area contributed by atoms with Crippen molar-refractivity contribution in [2.75, 3.05) is 5.73 Å². The molecule has 0 atom stereocenters. The van der Waals surface area contributed by atoms with Crippen molar-refractivity contribution >= 4 is 40.2 Å². The molecule has 2 N–H and O–H groups in total.